The van der Waals surface area contributed by atoms with Gasteiger partial charge in [0.2, 0.25) is 5.95 Å². The maximum Gasteiger partial charge on any atom is 0.225 e. The van der Waals surface area contributed by atoms with Crippen LogP contribution < -0.4 is 10.6 Å². The van der Waals surface area contributed by atoms with Gasteiger partial charge < -0.3 is 15.5 Å². The van der Waals surface area contributed by atoms with E-state index in [1.807, 2.05) is 6.07 Å². The van der Waals surface area contributed by atoms with E-state index in [1.165, 1.54) is 15.6 Å². The van der Waals surface area contributed by atoms with E-state index in [1.54, 1.807) is 23.7 Å². The third-order valence-corrected chi connectivity index (χ3v) is 5.67. The fraction of sp³-hybridized carbons (Fsp3) is 0.316. The predicted octanol–water partition coefficient (Wildman–Crippen LogP) is 2.99. The molecule has 27 heavy (non-hydrogen) atoms. The Kier molecular flexibility index (Phi) is 6.84. The molecule has 0 aliphatic carbocycles. The molecule has 2 N–H and O–H groups in total. The smallest absolute Gasteiger partial charge is 0.225 e. The highest BCUT2D eigenvalue weighted by atomic mass is 127. The average molecular weight is 494 g/mol. The molecule has 3 heterocycles. The number of guanidine groups is 1. The summed E-state index contributed by atoms with van der Waals surface area (Å²) < 4.78 is 1.33. The molecule has 0 radical (unpaired) electrons. The normalized spacial score (nSPS) is 15.0. The Labute approximate surface area is 180 Å². The summed E-state index contributed by atoms with van der Waals surface area (Å²) >= 11 is 1.79. The lowest BCUT2D eigenvalue weighted by atomic mass is 10.1. The summed E-state index contributed by atoms with van der Waals surface area (Å²) in [4.78, 5) is 17.6. The van der Waals surface area contributed by atoms with Crippen LogP contribution in [0.25, 0.3) is 10.1 Å². The van der Waals surface area contributed by atoms with Crippen molar-refractivity contribution in [2.75, 3.05) is 37.6 Å². The molecule has 0 unspecified atom stereocenters. The zero-order chi connectivity index (χ0) is 17.8. The highest BCUT2D eigenvalue weighted by Gasteiger charge is 2.19. The molecule has 1 fully saturated rings. The van der Waals surface area contributed by atoms with E-state index in [0.29, 0.717) is 12.5 Å². The van der Waals surface area contributed by atoms with E-state index in [4.69, 9.17) is 5.73 Å². The minimum absolute atomic E-state index is 0. The number of thiophene rings is 1. The summed E-state index contributed by atoms with van der Waals surface area (Å²) in [5.74, 6) is 1.42. The molecule has 2 aromatic heterocycles. The summed E-state index contributed by atoms with van der Waals surface area (Å²) in [5.41, 5.74) is 7.57. The number of rotatable bonds is 4. The van der Waals surface area contributed by atoms with Crippen LogP contribution in [0.5, 0.6) is 0 Å². The third-order valence-electron chi connectivity index (χ3n) is 4.65. The van der Waals surface area contributed by atoms with E-state index in [0.717, 1.165) is 38.5 Å². The molecule has 1 saturated heterocycles. The summed E-state index contributed by atoms with van der Waals surface area (Å²) in [6, 6.07) is 10.3. The van der Waals surface area contributed by atoms with Gasteiger partial charge in [-0.15, -0.1) is 35.3 Å². The van der Waals surface area contributed by atoms with Crippen LogP contribution in [0, 0.1) is 0 Å². The fourth-order valence-electron chi connectivity index (χ4n) is 3.21. The van der Waals surface area contributed by atoms with Crippen molar-refractivity contribution in [3.05, 3.63) is 53.7 Å². The standard InChI is InChI=1S/C19H22N6S.HI/c20-18(21-9-6-15-14-26-17-5-2-1-4-16(15)17)24-10-12-25(13-11-24)19-22-7-3-8-23-19;/h1-5,7-8,14H,6,9-13H2,(H2,20,21);1H. The Morgan fingerprint density at radius 3 is 2.59 bits per heavy atom. The Morgan fingerprint density at radius 1 is 1.07 bits per heavy atom. The molecular formula is C19H23IN6S. The van der Waals surface area contributed by atoms with E-state index < -0.39 is 0 Å². The Balaban J connectivity index is 0.00000210. The van der Waals surface area contributed by atoms with Crippen molar-refractivity contribution in [3.63, 3.8) is 0 Å². The monoisotopic (exact) mass is 494 g/mol. The first-order valence-electron chi connectivity index (χ1n) is 8.83. The van der Waals surface area contributed by atoms with Crippen LogP contribution in [-0.4, -0.2) is 53.6 Å². The highest BCUT2D eigenvalue weighted by molar-refractivity contribution is 14.0. The van der Waals surface area contributed by atoms with Crippen LogP contribution in [0.1, 0.15) is 5.56 Å². The maximum absolute atomic E-state index is 6.21. The van der Waals surface area contributed by atoms with E-state index in [-0.39, 0.29) is 24.0 Å². The first-order valence-corrected chi connectivity index (χ1v) is 9.71. The summed E-state index contributed by atoms with van der Waals surface area (Å²) in [7, 11) is 0. The second-order valence-electron chi connectivity index (χ2n) is 6.27. The topological polar surface area (TPSA) is 70.6 Å². The van der Waals surface area contributed by atoms with Gasteiger partial charge in [0, 0.05) is 49.8 Å². The average Bonchev–Trinajstić information content (AvgIpc) is 3.12. The van der Waals surface area contributed by atoms with Crippen molar-refractivity contribution < 1.29 is 0 Å². The van der Waals surface area contributed by atoms with Crippen molar-refractivity contribution >= 4 is 57.3 Å². The zero-order valence-electron chi connectivity index (χ0n) is 15.0. The lowest BCUT2D eigenvalue weighted by Gasteiger charge is -2.35. The van der Waals surface area contributed by atoms with Gasteiger partial charge in [-0.25, -0.2) is 9.97 Å². The number of fused-ring (bicyclic) bond motifs is 1. The summed E-state index contributed by atoms with van der Waals surface area (Å²) in [6.45, 7) is 4.11. The quantitative estimate of drug-likeness (QED) is 0.343. The molecule has 0 spiro atoms. The second-order valence-corrected chi connectivity index (χ2v) is 7.18. The molecule has 0 saturated carbocycles. The summed E-state index contributed by atoms with van der Waals surface area (Å²) in [5, 5.41) is 3.57. The maximum atomic E-state index is 6.21. The fourth-order valence-corrected chi connectivity index (χ4v) is 4.20. The minimum Gasteiger partial charge on any atom is -0.370 e. The van der Waals surface area contributed by atoms with Gasteiger partial charge in [-0.1, -0.05) is 18.2 Å². The SMILES string of the molecule is I.NC(=NCCc1csc2ccccc12)N1CCN(c2ncccn2)CC1. The summed E-state index contributed by atoms with van der Waals surface area (Å²) in [6.07, 6.45) is 4.47. The number of halogens is 1. The lowest BCUT2D eigenvalue weighted by Crippen LogP contribution is -2.51. The van der Waals surface area contributed by atoms with Gasteiger partial charge >= 0.3 is 0 Å². The van der Waals surface area contributed by atoms with Gasteiger partial charge in [0.25, 0.3) is 0 Å². The number of hydrogen-bond donors (Lipinski definition) is 1. The van der Waals surface area contributed by atoms with E-state index >= 15 is 0 Å². The molecule has 3 aromatic rings. The molecule has 0 bridgehead atoms. The van der Waals surface area contributed by atoms with Crippen LogP contribution in [0.15, 0.2) is 53.1 Å². The molecule has 8 heteroatoms. The van der Waals surface area contributed by atoms with Gasteiger partial charge in [0.05, 0.1) is 0 Å². The molecule has 4 rings (SSSR count). The molecule has 6 nitrogen and oxygen atoms in total. The molecule has 0 amide bonds. The van der Waals surface area contributed by atoms with Crippen LogP contribution in [-0.2, 0) is 6.42 Å². The van der Waals surface area contributed by atoms with Gasteiger partial charge in [0.1, 0.15) is 0 Å². The first-order chi connectivity index (χ1) is 12.8. The number of nitrogens with two attached hydrogens (primary N) is 1. The Bertz CT molecular complexity index is 889. The van der Waals surface area contributed by atoms with Crippen LogP contribution in [0.4, 0.5) is 5.95 Å². The van der Waals surface area contributed by atoms with Gasteiger partial charge in [0.15, 0.2) is 5.96 Å². The first kappa shape index (κ1) is 19.8. The number of nitrogens with zero attached hydrogens (tertiary/aromatic N) is 5. The zero-order valence-corrected chi connectivity index (χ0v) is 18.1. The number of benzene rings is 1. The predicted molar refractivity (Wildman–Crippen MR) is 123 cm³/mol. The van der Waals surface area contributed by atoms with Crippen LogP contribution in [0.2, 0.25) is 0 Å². The molecule has 1 aliphatic heterocycles. The van der Waals surface area contributed by atoms with Crippen molar-refractivity contribution in [3.8, 4) is 0 Å². The van der Waals surface area contributed by atoms with E-state index in [9.17, 15) is 0 Å². The van der Waals surface area contributed by atoms with Crippen molar-refractivity contribution in [2.45, 2.75) is 6.42 Å². The van der Waals surface area contributed by atoms with Gasteiger partial charge in [-0.05, 0) is 34.9 Å². The number of aliphatic imine (C=N–C) groups is 1. The molecule has 0 atom stereocenters. The molecular weight excluding hydrogens is 471 g/mol. The van der Waals surface area contributed by atoms with Gasteiger partial charge in [-0.3, -0.25) is 4.99 Å². The largest absolute Gasteiger partial charge is 0.370 e. The second kappa shape index (κ2) is 9.32. The van der Waals surface area contributed by atoms with Crippen LogP contribution in [0.3, 0.4) is 0 Å². The Morgan fingerprint density at radius 2 is 1.81 bits per heavy atom. The Hall–Kier alpha value is -1.94. The molecule has 1 aromatic carbocycles. The molecule has 142 valence electrons. The van der Waals surface area contributed by atoms with Gasteiger partial charge in [-0.2, -0.15) is 0 Å². The van der Waals surface area contributed by atoms with Crippen molar-refractivity contribution in [2.24, 2.45) is 10.7 Å². The van der Waals surface area contributed by atoms with Crippen molar-refractivity contribution in [1.82, 2.24) is 14.9 Å². The lowest BCUT2D eigenvalue weighted by molar-refractivity contribution is 0.378. The number of aromatic nitrogens is 2. The van der Waals surface area contributed by atoms with E-state index in [2.05, 4.69) is 54.4 Å². The number of piperazine rings is 1. The van der Waals surface area contributed by atoms with Crippen molar-refractivity contribution in [1.29, 1.82) is 0 Å². The third kappa shape index (κ3) is 4.67. The number of anilines is 1. The van der Waals surface area contributed by atoms with Crippen LogP contribution >= 0.6 is 35.3 Å². The number of hydrogen-bond acceptors (Lipinski definition) is 5. The highest BCUT2D eigenvalue weighted by Crippen LogP contribution is 2.25. The minimum atomic E-state index is 0. The molecule has 1 aliphatic rings.